The zero-order valence-corrected chi connectivity index (χ0v) is 15.8. The fourth-order valence-corrected chi connectivity index (χ4v) is 5.13. The molecular weight excluding hydrogens is 300 g/mol. The second-order valence-electron chi connectivity index (χ2n) is 8.66. The molecule has 0 aromatic rings. The molecule has 2 aliphatic rings. The fourth-order valence-electron chi connectivity index (χ4n) is 5.13. The molecule has 1 unspecified atom stereocenters. The molecule has 2 fully saturated rings. The lowest BCUT2D eigenvalue weighted by atomic mass is 9.70. The Morgan fingerprint density at radius 1 is 0.750 bits per heavy atom. The van der Waals surface area contributed by atoms with Crippen LogP contribution in [0.1, 0.15) is 96.8 Å². The van der Waals surface area contributed by atoms with Crippen LogP contribution in [0.3, 0.4) is 0 Å². The summed E-state index contributed by atoms with van der Waals surface area (Å²) in [5.74, 6) is 0.751. The van der Waals surface area contributed by atoms with E-state index >= 15 is 0 Å². The predicted octanol–water partition coefficient (Wildman–Crippen LogP) is 4.43. The van der Waals surface area contributed by atoms with Crippen molar-refractivity contribution in [3.8, 4) is 0 Å². The van der Waals surface area contributed by atoms with Crippen LogP contribution in [0.15, 0.2) is 0 Å². The van der Waals surface area contributed by atoms with Crippen LogP contribution in [0.4, 0.5) is 0 Å². The Hall–Kier alpha value is -0.120. The molecule has 0 radical (unpaired) electrons. The monoisotopic (exact) mass is 340 g/mol. The van der Waals surface area contributed by atoms with Crippen molar-refractivity contribution in [2.45, 2.75) is 103 Å². The molecule has 142 valence electrons. The highest BCUT2D eigenvalue weighted by Gasteiger charge is 2.60. The second kappa shape index (κ2) is 9.54. The van der Waals surface area contributed by atoms with Gasteiger partial charge in [0.05, 0.1) is 6.10 Å². The van der Waals surface area contributed by atoms with Crippen LogP contribution in [0.25, 0.3) is 0 Å². The summed E-state index contributed by atoms with van der Waals surface area (Å²) in [6.07, 6.45) is 16.0. The van der Waals surface area contributed by atoms with E-state index in [-0.39, 0.29) is 6.10 Å². The standard InChI is InChI=1S/C21H40O3/c1-2-3-7-18(24)8-4-9-19(20(12-13-20)10-5-16-22)21(14-15-21)11-6-17-23/h18-19,22-24H,2-17H2,1H3. The van der Waals surface area contributed by atoms with Crippen molar-refractivity contribution in [3.63, 3.8) is 0 Å². The van der Waals surface area contributed by atoms with Gasteiger partial charge in [0.15, 0.2) is 0 Å². The maximum Gasteiger partial charge on any atom is 0.0540 e. The molecule has 0 aliphatic heterocycles. The van der Waals surface area contributed by atoms with E-state index in [0.717, 1.165) is 50.9 Å². The summed E-state index contributed by atoms with van der Waals surface area (Å²) in [5, 5.41) is 28.7. The fraction of sp³-hybridized carbons (Fsp3) is 1.00. The lowest BCUT2D eigenvalue weighted by Gasteiger charge is -2.35. The molecule has 0 aromatic carbocycles. The van der Waals surface area contributed by atoms with Crippen LogP contribution in [0, 0.1) is 16.7 Å². The van der Waals surface area contributed by atoms with Gasteiger partial charge in [0.25, 0.3) is 0 Å². The summed E-state index contributed by atoms with van der Waals surface area (Å²) in [5.41, 5.74) is 0.951. The third-order valence-electron chi connectivity index (χ3n) is 6.85. The van der Waals surface area contributed by atoms with Crippen LogP contribution >= 0.6 is 0 Å². The normalized spacial score (nSPS) is 21.9. The number of aliphatic hydroxyl groups is 3. The number of unbranched alkanes of at least 4 members (excludes halogenated alkanes) is 1. The maximum absolute atomic E-state index is 10.1. The largest absolute Gasteiger partial charge is 0.396 e. The minimum Gasteiger partial charge on any atom is -0.396 e. The van der Waals surface area contributed by atoms with E-state index in [1.54, 1.807) is 0 Å². The third-order valence-corrected chi connectivity index (χ3v) is 6.85. The Morgan fingerprint density at radius 3 is 1.67 bits per heavy atom. The second-order valence-corrected chi connectivity index (χ2v) is 8.66. The summed E-state index contributed by atoms with van der Waals surface area (Å²) in [6.45, 7) is 2.81. The van der Waals surface area contributed by atoms with Crippen molar-refractivity contribution < 1.29 is 15.3 Å². The van der Waals surface area contributed by atoms with Gasteiger partial charge in [-0.05, 0) is 87.4 Å². The SMILES string of the molecule is CCCCC(O)CCCC(C1(CCCO)CC1)C1(CCCO)CC1. The number of aliphatic hydroxyl groups excluding tert-OH is 3. The molecule has 0 spiro atoms. The first-order chi connectivity index (χ1) is 11.6. The number of rotatable bonds is 15. The first-order valence-electron chi connectivity index (χ1n) is 10.5. The summed E-state index contributed by atoms with van der Waals surface area (Å²) in [6, 6.07) is 0. The number of hydrogen-bond donors (Lipinski definition) is 3. The van der Waals surface area contributed by atoms with Crippen LogP contribution in [-0.2, 0) is 0 Å². The van der Waals surface area contributed by atoms with Crippen LogP contribution < -0.4 is 0 Å². The molecule has 0 heterocycles. The van der Waals surface area contributed by atoms with Gasteiger partial charge in [-0.25, -0.2) is 0 Å². The van der Waals surface area contributed by atoms with E-state index < -0.39 is 0 Å². The molecule has 0 bridgehead atoms. The molecule has 3 nitrogen and oxygen atoms in total. The van der Waals surface area contributed by atoms with E-state index in [4.69, 9.17) is 0 Å². The van der Waals surface area contributed by atoms with Gasteiger partial charge < -0.3 is 15.3 Å². The Kier molecular flexibility index (Phi) is 8.03. The lowest BCUT2D eigenvalue weighted by molar-refractivity contribution is 0.111. The van der Waals surface area contributed by atoms with Gasteiger partial charge in [0, 0.05) is 13.2 Å². The average Bonchev–Trinajstić information content (AvgIpc) is 3.50. The Balaban J connectivity index is 1.89. The van der Waals surface area contributed by atoms with Gasteiger partial charge >= 0.3 is 0 Å². The van der Waals surface area contributed by atoms with Gasteiger partial charge in [-0.15, -0.1) is 0 Å². The summed E-state index contributed by atoms with van der Waals surface area (Å²) < 4.78 is 0. The van der Waals surface area contributed by atoms with Crippen LogP contribution in [0.2, 0.25) is 0 Å². The highest BCUT2D eigenvalue weighted by Crippen LogP contribution is 2.70. The van der Waals surface area contributed by atoms with Crippen molar-refractivity contribution in [3.05, 3.63) is 0 Å². The maximum atomic E-state index is 10.1. The lowest BCUT2D eigenvalue weighted by Crippen LogP contribution is -2.27. The molecule has 1 atom stereocenters. The highest BCUT2D eigenvalue weighted by atomic mass is 16.3. The highest BCUT2D eigenvalue weighted by molar-refractivity contribution is 5.10. The van der Waals surface area contributed by atoms with Crippen molar-refractivity contribution in [1.29, 1.82) is 0 Å². The molecule has 0 saturated heterocycles. The molecule has 24 heavy (non-hydrogen) atoms. The first-order valence-corrected chi connectivity index (χ1v) is 10.5. The first kappa shape index (κ1) is 20.2. The minimum absolute atomic E-state index is 0.120. The molecule has 0 amide bonds. The van der Waals surface area contributed by atoms with E-state index in [1.165, 1.54) is 44.9 Å². The third kappa shape index (κ3) is 5.44. The van der Waals surface area contributed by atoms with Crippen LogP contribution in [-0.4, -0.2) is 34.6 Å². The summed E-state index contributed by atoms with van der Waals surface area (Å²) in [4.78, 5) is 0. The molecule has 3 heteroatoms. The molecule has 2 saturated carbocycles. The molecule has 0 aromatic heterocycles. The van der Waals surface area contributed by atoms with E-state index in [0.29, 0.717) is 24.0 Å². The van der Waals surface area contributed by atoms with Gasteiger partial charge in [-0.3, -0.25) is 0 Å². The van der Waals surface area contributed by atoms with Gasteiger partial charge in [0.1, 0.15) is 0 Å². The summed E-state index contributed by atoms with van der Waals surface area (Å²) >= 11 is 0. The van der Waals surface area contributed by atoms with Gasteiger partial charge in [-0.2, -0.15) is 0 Å². The Labute approximate surface area is 148 Å². The molecule has 3 N–H and O–H groups in total. The van der Waals surface area contributed by atoms with Gasteiger partial charge in [-0.1, -0.05) is 26.2 Å². The van der Waals surface area contributed by atoms with E-state index in [2.05, 4.69) is 6.92 Å². The molecular formula is C21H40O3. The van der Waals surface area contributed by atoms with Gasteiger partial charge in [0.2, 0.25) is 0 Å². The zero-order chi connectivity index (χ0) is 17.5. The van der Waals surface area contributed by atoms with Crippen molar-refractivity contribution >= 4 is 0 Å². The molecule has 2 aliphatic carbocycles. The average molecular weight is 341 g/mol. The van der Waals surface area contributed by atoms with Crippen molar-refractivity contribution in [2.24, 2.45) is 16.7 Å². The smallest absolute Gasteiger partial charge is 0.0540 e. The quantitative estimate of drug-likeness (QED) is 0.413. The summed E-state index contributed by atoms with van der Waals surface area (Å²) in [7, 11) is 0. The van der Waals surface area contributed by atoms with Crippen LogP contribution in [0.5, 0.6) is 0 Å². The van der Waals surface area contributed by atoms with Crippen molar-refractivity contribution in [1.82, 2.24) is 0 Å². The van der Waals surface area contributed by atoms with E-state index in [9.17, 15) is 15.3 Å². The van der Waals surface area contributed by atoms with E-state index in [1.807, 2.05) is 0 Å². The zero-order valence-electron chi connectivity index (χ0n) is 15.8. The van der Waals surface area contributed by atoms with Crippen molar-refractivity contribution in [2.75, 3.05) is 13.2 Å². The minimum atomic E-state index is -0.120. The molecule has 2 rings (SSSR count). The Morgan fingerprint density at radius 2 is 1.25 bits per heavy atom. The number of hydrogen-bond acceptors (Lipinski definition) is 3. The topological polar surface area (TPSA) is 60.7 Å². The Bertz CT molecular complexity index is 323. The predicted molar refractivity (Wildman–Crippen MR) is 98.8 cm³/mol.